The van der Waals surface area contributed by atoms with Crippen molar-refractivity contribution in [2.75, 3.05) is 13.2 Å². The van der Waals surface area contributed by atoms with E-state index in [1.54, 1.807) is 12.1 Å². The highest BCUT2D eigenvalue weighted by Gasteiger charge is 2.38. The molecule has 1 aromatic carbocycles. The van der Waals surface area contributed by atoms with Crippen LogP contribution in [0.15, 0.2) is 29.2 Å². The number of ether oxygens (including phenoxy) is 1. The van der Waals surface area contributed by atoms with Crippen molar-refractivity contribution < 1.29 is 27.9 Å². The molecule has 2 aliphatic rings. The number of benzene rings is 1. The Balaban J connectivity index is 1.53. The summed E-state index contributed by atoms with van der Waals surface area (Å²) in [4.78, 5) is 23.5. The molecule has 1 saturated heterocycles. The van der Waals surface area contributed by atoms with Crippen molar-refractivity contribution >= 4 is 21.9 Å². The highest BCUT2D eigenvalue weighted by atomic mass is 32.2. The lowest BCUT2D eigenvalue weighted by Crippen LogP contribution is -2.50. The third-order valence-electron chi connectivity index (χ3n) is 4.77. The second-order valence-corrected chi connectivity index (χ2v) is 8.96. The molecule has 148 valence electrons. The number of sulfonamides is 1. The summed E-state index contributed by atoms with van der Waals surface area (Å²) < 4.78 is 32.2. The number of aliphatic carboxylic acids is 1. The second kappa shape index (κ2) is 7.95. The van der Waals surface area contributed by atoms with Crippen LogP contribution in [-0.2, 0) is 30.8 Å². The predicted octanol–water partition coefficient (Wildman–Crippen LogP) is 0.810. The zero-order chi connectivity index (χ0) is 19.5. The molecule has 0 spiro atoms. The molecule has 3 rings (SSSR count). The van der Waals surface area contributed by atoms with E-state index in [1.807, 2.05) is 0 Å². The Labute approximate surface area is 158 Å². The zero-order valence-electron chi connectivity index (χ0n) is 14.9. The third-order valence-corrected chi connectivity index (χ3v) is 6.31. The highest BCUT2D eigenvalue weighted by molar-refractivity contribution is 7.89. The highest BCUT2D eigenvalue weighted by Crippen LogP contribution is 2.24. The van der Waals surface area contributed by atoms with Crippen LogP contribution in [0.2, 0.25) is 0 Å². The van der Waals surface area contributed by atoms with Gasteiger partial charge in [0.2, 0.25) is 15.9 Å². The van der Waals surface area contributed by atoms with Gasteiger partial charge in [0.1, 0.15) is 0 Å². The maximum atomic E-state index is 12.2. The average Bonchev–Trinajstić information content (AvgIpc) is 3.29. The van der Waals surface area contributed by atoms with Crippen LogP contribution < -0.4 is 10.0 Å². The number of carboxylic acids is 1. The minimum absolute atomic E-state index is 0.0519. The predicted molar refractivity (Wildman–Crippen MR) is 96.7 cm³/mol. The van der Waals surface area contributed by atoms with Crippen molar-refractivity contribution in [1.29, 1.82) is 0 Å². The molecule has 1 aliphatic heterocycles. The van der Waals surface area contributed by atoms with E-state index >= 15 is 0 Å². The first kappa shape index (κ1) is 19.8. The molecule has 2 fully saturated rings. The molecule has 1 heterocycles. The van der Waals surface area contributed by atoms with Gasteiger partial charge in [0.25, 0.3) is 0 Å². The number of carbonyl (C=O) groups excluding carboxylic acids is 1. The van der Waals surface area contributed by atoms with Crippen LogP contribution in [-0.4, -0.2) is 50.2 Å². The van der Waals surface area contributed by atoms with Crippen molar-refractivity contribution in [2.24, 2.45) is 0 Å². The summed E-state index contributed by atoms with van der Waals surface area (Å²) in [5.41, 5.74) is 0.000442. The quantitative estimate of drug-likeness (QED) is 0.568. The molecule has 3 N–H and O–H groups in total. The van der Waals surface area contributed by atoms with Gasteiger partial charge in [-0.1, -0.05) is 12.1 Å². The number of carboxylic acid groups (broad SMARTS) is 1. The standard InChI is InChI=1S/C18H24N2O6S/c21-16(19-18(11-17(22)23)9-10-26-12-18)8-3-13-1-6-15(7-2-13)27(24,25)20-14-4-5-14/h1-2,6-7,14,20H,3-5,8-12H2,(H,19,21)(H,22,23). The number of aryl methyl sites for hydroxylation is 1. The van der Waals surface area contributed by atoms with E-state index in [0.29, 0.717) is 19.4 Å². The van der Waals surface area contributed by atoms with Gasteiger partial charge in [0.05, 0.1) is 23.5 Å². The van der Waals surface area contributed by atoms with Crippen molar-refractivity contribution in [3.05, 3.63) is 29.8 Å². The Morgan fingerprint density at radius 3 is 2.48 bits per heavy atom. The smallest absolute Gasteiger partial charge is 0.305 e. The Morgan fingerprint density at radius 1 is 1.22 bits per heavy atom. The summed E-state index contributed by atoms with van der Waals surface area (Å²) in [6, 6.07) is 6.51. The van der Waals surface area contributed by atoms with Gasteiger partial charge >= 0.3 is 5.97 Å². The first-order chi connectivity index (χ1) is 12.8. The molecule has 8 nitrogen and oxygen atoms in total. The average molecular weight is 396 g/mol. The minimum atomic E-state index is -3.48. The van der Waals surface area contributed by atoms with E-state index < -0.39 is 21.5 Å². The van der Waals surface area contributed by atoms with Gasteiger partial charge < -0.3 is 15.2 Å². The SMILES string of the molecule is O=C(O)CC1(NC(=O)CCc2ccc(S(=O)(=O)NC3CC3)cc2)CCOC1. The van der Waals surface area contributed by atoms with Gasteiger partial charge in [0, 0.05) is 19.1 Å². The van der Waals surface area contributed by atoms with E-state index in [9.17, 15) is 18.0 Å². The normalized spacial score (nSPS) is 22.5. The molecule has 1 unspecified atom stereocenters. The first-order valence-electron chi connectivity index (χ1n) is 9.00. The fourth-order valence-electron chi connectivity index (χ4n) is 3.12. The molecule has 0 bridgehead atoms. The van der Waals surface area contributed by atoms with Crippen molar-refractivity contribution in [3.63, 3.8) is 0 Å². The lowest BCUT2D eigenvalue weighted by Gasteiger charge is -2.27. The minimum Gasteiger partial charge on any atom is -0.481 e. The summed E-state index contributed by atoms with van der Waals surface area (Å²) in [7, 11) is -3.48. The van der Waals surface area contributed by atoms with Crippen LogP contribution in [0.5, 0.6) is 0 Å². The summed E-state index contributed by atoms with van der Waals surface area (Å²) in [5, 5.41) is 11.9. The Morgan fingerprint density at radius 2 is 1.93 bits per heavy atom. The summed E-state index contributed by atoms with van der Waals surface area (Å²) in [6.45, 7) is 0.629. The number of nitrogens with one attached hydrogen (secondary N) is 2. The first-order valence-corrected chi connectivity index (χ1v) is 10.5. The molecule has 1 aromatic rings. The van der Waals surface area contributed by atoms with E-state index in [0.717, 1.165) is 18.4 Å². The second-order valence-electron chi connectivity index (χ2n) is 7.24. The number of rotatable bonds is 9. The van der Waals surface area contributed by atoms with Crippen LogP contribution in [0.3, 0.4) is 0 Å². The topological polar surface area (TPSA) is 122 Å². The largest absolute Gasteiger partial charge is 0.481 e. The van der Waals surface area contributed by atoms with Crippen LogP contribution in [0.4, 0.5) is 0 Å². The van der Waals surface area contributed by atoms with Crippen molar-refractivity contribution in [3.8, 4) is 0 Å². The number of carbonyl (C=O) groups is 2. The summed E-state index contributed by atoms with van der Waals surface area (Å²) in [6.07, 6.45) is 2.69. The van der Waals surface area contributed by atoms with Gasteiger partial charge in [-0.25, -0.2) is 13.1 Å². The molecule has 0 radical (unpaired) electrons. The molecule has 1 aliphatic carbocycles. The van der Waals surface area contributed by atoms with Crippen LogP contribution in [0, 0.1) is 0 Å². The fourth-order valence-corrected chi connectivity index (χ4v) is 4.42. The van der Waals surface area contributed by atoms with Gasteiger partial charge in [0.15, 0.2) is 0 Å². The van der Waals surface area contributed by atoms with Crippen LogP contribution in [0.25, 0.3) is 0 Å². The van der Waals surface area contributed by atoms with Gasteiger partial charge in [-0.3, -0.25) is 9.59 Å². The van der Waals surface area contributed by atoms with Gasteiger partial charge in [-0.2, -0.15) is 0 Å². The molecule has 1 atom stereocenters. The number of hydrogen-bond acceptors (Lipinski definition) is 5. The molecule has 0 aromatic heterocycles. The summed E-state index contributed by atoms with van der Waals surface area (Å²) in [5.74, 6) is -1.22. The maximum absolute atomic E-state index is 12.2. The Kier molecular flexibility index (Phi) is 5.83. The van der Waals surface area contributed by atoms with E-state index in [2.05, 4.69) is 10.0 Å². The molecular formula is C18H24N2O6S. The van der Waals surface area contributed by atoms with Crippen LogP contribution >= 0.6 is 0 Å². The van der Waals surface area contributed by atoms with Crippen molar-refractivity contribution in [1.82, 2.24) is 10.0 Å². The van der Waals surface area contributed by atoms with E-state index in [4.69, 9.17) is 9.84 Å². The van der Waals surface area contributed by atoms with Gasteiger partial charge in [-0.05, 0) is 43.4 Å². The molecule has 27 heavy (non-hydrogen) atoms. The molecule has 1 amide bonds. The Bertz CT molecular complexity index is 796. The van der Waals surface area contributed by atoms with Gasteiger partial charge in [-0.15, -0.1) is 0 Å². The molecular weight excluding hydrogens is 372 g/mol. The molecule has 1 saturated carbocycles. The summed E-state index contributed by atoms with van der Waals surface area (Å²) >= 11 is 0. The molecule has 9 heteroatoms. The monoisotopic (exact) mass is 396 g/mol. The zero-order valence-corrected chi connectivity index (χ0v) is 15.8. The lowest BCUT2D eigenvalue weighted by molar-refractivity contribution is -0.139. The van der Waals surface area contributed by atoms with E-state index in [1.165, 1.54) is 12.1 Å². The van der Waals surface area contributed by atoms with Crippen molar-refractivity contribution in [2.45, 2.75) is 55.0 Å². The van der Waals surface area contributed by atoms with Crippen LogP contribution in [0.1, 0.15) is 37.7 Å². The number of amides is 1. The number of hydrogen-bond donors (Lipinski definition) is 3. The van der Waals surface area contributed by atoms with E-state index in [-0.39, 0.29) is 36.3 Å². The maximum Gasteiger partial charge on any atom is 0.305 e. The lowest BCUT2D eigenvalue weighted by atomic mass is 9.94. The fraction of sp³-hybridized carbons (Fsp3) is 0.556. The Hall–Kier alpha value is -1.97. The third kappa shape index (κ3) is 5.50.